The average Bonchev–Trinajstić information content (AvgIpc) is 1.61. The van der Waals surface area contributed by atoms with Gasteiger partial charge >= 0.3 is 49.6 Å². The molecule has 0 fully saturated rings. The van der Waals surface area contributed by atoms with Gasteiger partial charge in [0.25, 0.3) is 0 Å². The Kier molecular flexibility index (Phi) is 11.7. The van der Waals surface area contributed by atoms with Crippen molar-refractivity contribution in [2.24, 2.45) is 5.73 Å². The Morgan fingerprint density at radius 3 is 1.33 bits per heavy atom. The zero-order chi connectivity index (χ0) is 7.91. The first-order valence-electron chi connectivity index (χ1n) is 1.70. The van der Waals surface area contributed by atoms with Gasteiger partial charge < -0.3 is 10.8 Å². The molecule has 0 rings (SSSR count). The van der Waals surface area contributed by atoms with Crippen LogP contribution in [0.15, 0.2) is 0 Å². The SMILES string of the molecule is NCCO.[Cl][Pt]([Cl])([Cl])[Cl]. The molecule has 2 nitrogen and oxygen atoms in total. The molecule has 7 heteroatoms. The Morgan fingerprint density at radius 2 is 1.33 bits per heavy atom. The van der Waals surface area contributed by atoms with Crippen LogP contribution >= 0.6 is 37.7 Å². The summed E-state index contributed by atoms with van der Waals surface area (Å²) in [6.45, 7) is 0.472. The van der Waals surface area contributed by atoms with Gasteiger partial charge in [-0.15, -0.1) is 0 Å². The summed E-state index contributed by atoms with van der Waals surface area (Å²) >= 11 is -3.06. The van der Waals surface area contributed by atoms with Crippen LogP contribution in [0, 0.1) is 0 Å². The van der Waals surface area contributed by atoms with Crippen molar-refractivity contribution in [1.82, 2.24) is 0 Å². The molecule has 0 aromatic carbocycles. The van der Waals surface area contributed by atoms with Crippen LogP contribution in [0.5, 0.6) is 0 Å². The van der Waals surface area contributed by atoms with Crippen molar-refractivity contribution >= 4 is 37.7 Å². The molecule has 0 unspecified atom stereocenters. The number of nitrogens with two attached hydrogens (primary N) is 1. The van der Waals surface area contributed by atoms with Crippen LogP contribution in [0.1, 0.15) is 0 Å². The zero-order valence-corrected chi connectivity index (χ0v) is 9.56. The van der Waals surface area contributed by atoms with E-state index in [2.05, 4.69) is 0 Å². The van der Waals surface area contributed by atoms with Gasteiger partial charge in [0, 0.05) is 6.54 Å². The molecule has 0 saturated carbocycles. The number of halogens is 4. The molecule has 0 aliphatic heterocycles. The summed E-state index contributed by atoms with van der Waals surface area (Å²) in [6, 6.07) is 0. The van der Waals surface area contributed by atoms with Crippen molar-refractivity contribution in [3.63, 3.8) is 0 Å². The van der Waals surface area contributed by atoms with Crippen LogP contribution in [-0.4, -0.2) is 18.3 Å². The number of aliphatic hydroxyl groups is 1. The van der Waals surface area contributed by atoms with E-state index in [9.17, 15) is 0 Å². The molecule has 64 valence electrons. The monoisotopic (exact) mass is 396 g/mol. The van der Waals surface area contributed by atoms with Gasteiger partial charge in [-0.25, -0.2) is 0 Å². The average molecular weight is 398 g/mol. The first-order chi connectivity index (χ1) is 3.91. The van der Waals surface area contributed by atoms with Crippen LogP contribution in [0.4, 0.5) is 0 Å². The molecule has 9 heavy (non-hydrogen) atoms. The van der Waals surface area contributed by atoms with E-state index >= 15 is 0 Å². The fraction of sp³-hybridized carbons (Fsp3) is 1.00. The second kappa shape index (κ2) is 7.87. The Hall–Kier alpha value is 1.77. The van der Waals surface area contributed by atoms with E-state index < -0.39 is 11.9 Å². The summed E-state index contributed by atoms with van der Waals surface area (Å²) < 4.78 is 0. The topological polar surface area (TPSA) is 46.2 Å². The Balaban J connectivity index is 0. The summed E-state index contributed by atoms with van der Waals surface area (Å²) in [6.07, 6.45) is 0. The van der Waals surface area contributed by atoms with Gasteiger partial charge in [0.15, 0.2) is 0 Å². The summed E-state index contributed by atoms with van der Waals surface area (Å²) in [7, 11) is 20.0. The number of hydrogen-bond donors (Lipinski definition) is 2. The molecule has 0 aliphatic carbocycles. The minimum absolute atomic E-state index is 0.0972. The Labute approximate surface area is 73.1 Å². The molecule has 3 N–H and O–H groups in total. The summed E-state index contributed by atoms with van der Waals surface area (Å²) in [4.78, 5) is 0. The third-order valence-electron chi connectivity index (χ3n) is 0.129. The van der Waals surface area contributed by atoms with Crippen LogP contribution in [0.2, 0.25) is 0 Å². The zero-order valence-electron chi connectivity index (χ0n) is 4.27. The number of rotatable bonds is 1. The van der Waals surface area contributed by atoms with Crippen molar-refractivity contribution < 1.29 is 17.0 Å². The van der Waals surface area contributed by atoms with Crippen LogP contribution in [0.3, 0.4) is 0 Å². The molecule has 0 radical (unpaired) electrons. The van der Waals surface area contributed by atoms with Crippen molar-refractivity contribution in [1.29, 1.82) is 0 Å². The van der Waals surface area contributed by atoms with Gasteiger partial charge in [-0.1, -0.05) is 0 Å². The molecule has 0 heterocycles. The molecule has 0 atom stereocenters. The molecule has 0 bridgehead atoms. The molecular formula is C2H7Cl4NOPt. The normalized spacial score (nSPS) is 11.8. The maximum absolute atomic E-state index is 7.75. The second-order valence-corrected chi connectivity index (χ2v) is 20.5. The van der Waals surface area contributed by atoms with Crippen LogP contribution in [-0.2, 0) is 11.9 Å². The van der Waals surface area contributed by atoms with Crippen molar-refractivity contribution in [3.8, 4) is 0 Å². The predicted molar refractivity (Wildman–Crippen MR) is 39.6 cm³/mol. The van der Waals surface area contributed by atoms with Gasteiger partial charge in [0.05, 0.1) is 6.61 Å². The number of aliphatic hydroxyl groups excluding tert-OH is 1. The molecule has 0 aliphatic rings. The second-order valence-electron chi connectivity index (χ2n) is 0.783. The maximum atomic E-state index is 7.75. The van der Waals surface area contributed by atoms with Crippen molar-refractivity contribution in [2.75, 3.05) is 13.2 Å². The summed E-state index contributed by atoms with van der Waals surface area (Å²) in [5.74, 6) is 0. The minimum atomic E-state index is -3.06. The third-order valence-corrected chi connectivity index (χ3v) is 0.129. The van der Waals surface area contributed by atoms with E-state index in [0.717, 1.165) is 0 Å². The fourth-order valence-corrected chi connectivity index (χ4v) is 0. The van der Waals surface area contributed by atoms with Gasteiger partial charge in [-0.05, 0) is 0 Å². The Bertz CT molecular complexity index is 49.0. The molecule has 0 amide bonds. The van der Waals surface area contributed by atoms with Gasteiger partial charge in [-0.2, -0.15) is 0 Å². The summed E-state index contributed by atoms with van der Waals surface area (Å²) in [5.41, 5.74) is 4.78. The first-order valence-corrected chi connectivity index (χ1v) is 13.0. The molecular weight excluding hydrogens is 391 g/mol. The van der Waals surface area contributed by atoms with E-state index in [1.807, 2.05) is 0 Å². The molecule has 0 spiro atoms. The van der Waals surface area contributed by atoms with Crippen LogP contribution < -0.4 is 5.73 Å². The fourth-order valence-electron chi connectivity index (χ4n) is 0. The third kappa shape index (κ3) is 76.9. The van der Waals surface area contributed by atoms with Crippen molar-refractivity contribution in [3.05, 3.63) is 0 Å². The Morgan fingerprint density at radius 1 is 1.22 bits per heavy atom. The van der Waals surface area contributed by atoms with Crippen LogP contribution in [0.25, 0.3) is 0 Å². The summed E-state index contributed by atoms with van der Waals surface area (Å²) in [5, 5.41) is 7.75. The molecule has 0 aromatic heterocycles. The van der Waals surface area contributed by atoms with E-state index in [1.165, 1.54) is 0 Å². The van der Waals surface area contributed by atoms with Crippen molar-refractivity contribution in [2.45, 2.75) is 0 Å². The van der Waals surface area contributed by atoms with E-state index in [4.69, 9.17) is 48.5 Å². The standard InChI is InChI=1S/C2H7NO.4ClH.Pt/c3-1-2-4;;;;;/h4H,1-3H2;4*1H;/q;;;;;+4/p-4. The van der Waals surface area contributed by atoms with E-state index in [-0.39, 0.29) is 6.61 Å². The van der Waals surface area contributed by atoms with Gasteiger partial charge in [0.2, 0.25) is 0 Å². The quantitative estimate of drug-likeness (QED) is 0.707. The van der Waals surface area contributed by atoms with Gasteiger partial charge in [-0.3, -0.25) is 0 Å². The van der Waals surface area contributed by atoms with E-state index in [1.54, 1.807) is 0 Å². The number of hydrogen-bond acceptors (Lipinski definition) is 2. The first kappa shape index (κ1) is 13.4. The molecule has 0 aromatic rings. The molecule has 0 saturated heterocycles. The van der Waals surface area contributed by atoms with Gasteiger partial charge in [0.1, 0.15) is 0 Å². The predicted octanol–water partition coefficient (Wildman–Crippen LogP) is 1.69. The van der Waals surface area contributed by atoms with E-state index in [0.29, 0.717) is 6.54 Å².